The van der Waals surface area contributed by atoms with Gasteiger partial charge in [-0.2, -0.15) is 0 Å². The molecule has 0 unspecified atom stereocenters. The monoisotopic (exact) mass is 332 g/mol. The first-order chi connectivity index (χ1) is 9.97. The highest BCUT2D eigenvalue weighted by Crippen LogP contribution is 2.07. The second-order valence-electron chi connectivity index (χ2n) is 4.54. The van der Waals surface area contributed by atoms with Gasteiger partial charge in [-0.1, -0.05) is 13.0 Å². The summed E-state index contributed by atoms with van der Waals surface area (Å²) >= 11 is 1.69. The smallest absolute Gasteiger partial charge is 0.211 e. The second kappa shape index (κ2) is 9.01. The molecule has 1 rings (SSSR count). The van der Waals surface area contributed by atoms with Crippen molar-refractivity contribution >= 4 is 27.3 Å². The number of thiophene rings is 1. The molecule has 0 spiro atoms. The highest BCUT2D eigenvalue weighted by Gasteiger charge is 2.13. The minimum atomic E-state index is -3.10. The van der Waals surface area contributed by atoms with E-state index >= 15 is 0 Å². The zero-order valence-electron chi connectivity index (χ0n) is 12.8. The third-order valence-electron chi connectivity index (χ3n) is 2.93. The molecule has 1 aromatic rings. The van der Waals surface area contributed by atoms with E-state index in [1.807, 2.05) is 18.4 Å². The molecule has 0 aliphatic rings. The fourth-order valence-electron chi connectivity index (χ4n) is 1.83. The summed E-state index contributed by atoms with van der Waals surface area (Å²) in [4.78, 5) is 5.38. The van der Waals surface area contributed by atoms with E-state index in [4.69, 9.17) is 0 Å². The van der Waals surface area contributed by atoms with Crippen LogP contribution in [0.15, 0.2) is 22.5 Å². The molecule has 6 nitrogen and oxygen atoms in total. The number of rotatable bonds is 8. The Kier molecular flexibility index (Phi) is 7.69. The van der Waals surface area contributed by atoms with Crippen LogP contribution in [0.4, 0.5) is 0 Å². The van der Waals surface area contributed by atoms with Crippen molar-refractivity contribution < 1.29 is 8.42 Å². The molecule has 8 heteroatoms. The summed E-state index contributed by atoms with van der Waals surface area (Å²) in [6, 6.07) is 4.08. The highest BCUT2D eigenvalue weighted by molar-refractivity contribution is 7.88. The Labute approximate surface area is 131 Å². The van der Waals surface area contributed by atoms with Crippen LogP contribution in [0.25, 0.3) is 0 Å². The van der Waals surface area contributed by atoms with Gasteiger partial charge < -0.3 is 10.6 Å². The fraction of sp³-hybridized carbons (Fsp3) is 0.615. The van der Waals surface area contributed by atoms with Gasteiger partial charge in [-0.25, -0.2) is 12.7 Å². The van der Waals surface area contributed by atoms with E-state index in [0.717, 1.165) is 18.9 Å². The predicted octanol–water partition coefficient (Wildman–Crippen LogP) is 1.08. The first-order valence-corrected chi connectivity index (χ1v) is 9.62. The van der Waals surface area contributed by atoms with Crippen molar-refractivity contribution in [2.75, 3.05) is 32.9 Å². The molecule has 0 saturated heterocycles. The molecule has 0 radical (unpaired) electrons. The van der Waals surface area contributed by atoms with E-state index in [9.17, 15) is 8.42 Å². The molecule has 120 valence electrons. The van der Waals surface area contributed by atoms with Crippen LogP contribution in [0.5, 0.6) is 0 Å². The fourth-order valence-corrected chi connectivity index (χ4v) is 3.40. The Balaban J connectivity index is 2.26. The lowest BCUT2D eigenvalue weighted by Crippen LogP contribution is -2.39. The van der Waals surface area contributed by atoms with Crippen LogP contribution in [0.3, 0.4) is 0 Å². The zero-order chi connectivity index (χ0) is 15.7. The number of nitrogens with zero attached hydrogens (tertiary/aromatic N) is 2. The number of hydrogen-bond donors (Lipinski definition) is 2. The maximum Gasteiger partial charge on any atom is 0.211 e. The summed E-state index contributed by atoms with van der Waals surface area (Å²) in [6.07, 6.45) is 1.98. The van der Waals surface area contributed by atoms with Crippen LogP contribution in [0.1, 0.15) is 18.2 Å². The molecule has 21 heavy (non-hydrogen) atoms. The van der Waals surface area contributed by atoms with Crippen LogP contribution in [-0.4, -0.2) is 51.6 Å². The minimum Gasteiger partial charge on any atom is -0.356 e. The quantitative estimate of drug-likeness (QED) is 0.424. The molecule has 2 N–H and O–H groups in total. The normalized spacial score (nSPS) is 12.7. The molecule has 1 aromatic heterocycles. The van der Waals surface area contributed by atoms with Crippen molar-refractivity contribution in [2.45, 2.75) is 19.9 Å². The van der Waals surface area contributed by atoms with Gasteiger partial charge in [-0.3, -0.25) is 4.99 Å². The number of nitrogens with one attached hydrogen (secondary N) is 2. The maximum atomic E-state index is 11.5. The molecule has 0 atom stereocenters. The summed E-state index contributed by atoms with van der Waals surface area (Å²) in [5, 5.41) is 8.45. The van der Waals surface area contributed by atoms with Gasteiger partial charge in [0.2, 0.25) is 10.0 Å². The first-order valence-electron chi connectivity index (χ1n) is 6.89. The number of sulfonamides is 1. The van der Waals surface area contributed by atoms with Crippen molar-refractivity contribution in [1.82, 2.24) is 14.9 Å². The summed E-state index contributed by atoms with van der Waals surface area (Å²) in [5.74, 6) is 0.728. The third-order valence-corrected chi connectivity index (χ3v) is 5.19. The molecule has 0 fully saturated rings. The summed E-state index contributed by atoms with van der Waals surface area (Å²) in [7, 11) is -1.38. The van der Waals surface area contributed by atoms with E-state index in [1.165, 1.54) is 15.4 Å². The lowest BCUT2D eigenvalue weighted by Gasteiger charge is -2.18. The topological polar surface area (TPSA) is 73.8 Å². The molecule has 0 bridgehead atoms. The third kappa shape index (κ3) is 6.92. The Morgan fingerprint density at radius 1 is 1.43 bits per heavy atom. The van der Waals surface area contributed by atoms with Crippen LogP contribution < -0.4 is 10.6 Å². The van der Waals surface area contributed by atoms with Gasteiger partial charge in [0.15, 0.2) is 5.96 Å². The van der Waals surface area contributed by atoms with Crippen molar-refractivity contribution in [3.05, 3.63) is 22.4 Å². The standard InChI is InChI=1S/C13H24N4O2S2/c1-4-17(21(3,18)19)9-6-8-15-13(14-2)16-11-12-7-5-10-20-12/h5,7,10H,4,6,8-9,11H2,1-3H3,(H2,14,15,16). The first kappa shape index (κ1) is 17.9. The maximum absolute atomic E-state index is 11.5. The van der Waals surface area contributed by atoms with Crippen molar-refractivity contribution in [3.63, 3.8) is 0 Å². The van der Waals surface area contributed by atoms with E-state index < -0.39 is 10.0 Å². The van der Waals surface area contributed by atoms with E-state index in [2.05, 4.69) is 21.7 Å². The van der Waals surface area contributed by atoms with Gasteiger partial charge in [0, 0.05) is 31.6 Å². The van der Waals surface area contributed by atoms with Crippen LogP contribution >= 0.6 is 11.3 Å². The molecule has 0 saturated carbocycles. The van der Waals surface area contributed by atoms with Crippen LogP contribution in [0, 0.1) is 0 Å². The molecule has 0 amide bonds. The Morgan fingerprint density at radius 3 is 2.71 bits per heavy atom. The second-order valence-corrected chi connectivity index (χ2v) is 7.55. The average molecular weight is 332 g/mol. The summed E-state index contributed by atoms with van der Waals surface area (Å²) < 4.78 is 24.4. The van der Waals surface area contributed by atoms with Gasteiger partial charge in [-0.15, -0.1) is 11.3 Å². The van der Waals surface area contributed by atoms with Gasteiger partial charge in [0.05, 0.1) is 12.8 Å². The molecule has 0 aliphatic heterocycles. The molecule has 0 aliphatic carbocycles. The largest absolute Gasteiger partial charge is 0.356 e. The molecule has 1 heterocycles. The van der Waals surface area contributed by atoms with Crippen molar-refractivity contribution in [2.24, 2.45) is 4.99 Å². The number of aliphatic imine (C=N–C) groups is 1. The summed E-state index contributed by atoms with van der Waals surface area (Å²) in [5.41, 5.74) is 0. The van der Waals surface area contributed by atoms with Crippen LogP contribution in [-0.2, 0) is 16.6 Å². The Morgan fingerprint density at radius 2 is 2.19 bits per heavy atom. The number of hydrogen-bond acceptors (Lipinski definition) is 4. The van der Waals surface area contributed by atoms with Gasteiger partial charge >= 0.3 is 0 Å². The van der Waals surface area contributed by atoms with Gasteiger partial charge in [0.25, 0.3) is 0 Å². The van der Waals surface area contributed by atoms with Gasteiger partial charge in [0.1, 0.15) is 0 Å². The lowest BCUT2D eigenvalue weighted by atomic mass is 10.4. The summed E-state index contributed by atoms with van der Waals surface area (Å²) in [6.45, 7) is 4.28. The highest BCUT2D eigenvalue weighted by atomic mass is 32.2. The molecular formula is C13H24N4O2S2. The van der Waals surface area contributed by atoms with Crippen molar-refractivity contribution in [3.8, 4) is 0 Å². The molecule has 0 aromatic carbocycles. The SMILES string of the molecule is CCN(CCCNC(=NC)NCc1cccs1)S(C)(=O)=O. The van der Waals surface area contributed by atoms with E-state index in [0.29, 0.717) is 19.6 Å². The lowest BCUT2D eigenvalue weighted by molar-refractivity contribution is 0.424. The van der Waals surface area contributed by atoms with E-state index in [-0.39, 0.29) is 0 Å². The molecular weight excluding hydrogens is 308 g/mol. The Bertz CT molecular complexity index is 526. The average Bonchev–Trinajstić information content (AvgIpc) is 2.93. The predicted molar refractivity (Wildman–Crippen MR) is 89.2 cm³/mol. The number of guanidine groups is 1. The van der Waals surface area contributed by atoms with Gasteiger partial charge in [-0.05, 0) is 17.9 Å². The van der Waals surface area contributed by atoms with E-state index in [1.54, 1.807) is 18.4 Å². The zero-order valence-corrected chi connectivity index (χ0v) is 14.4. The minimum absolute atomic E-state index is 0.504. The van der Waals surface area contributed by atoms with Crippen molar-refractivity contribution in [1.29, 1.82) is 0 Å². The van der Waals surface area contributed by atoms with Crippen LogP contribution in [0.2, 0.25) is 0 Å². The Hall–Kier alpha value is -1.12.